The van der Waals surface area contributed by atoms with Crippen molar-refractivity contribution in [2.75, 3.05) is 26.4 Å². The third-order valence-corrected chi connectivity index (χ3v) is 4.21. The van der Waals surface area contributed by atoms with Crippen LogP contribution in [0.2, 0.25) is 0 Å². The summed E-state index contributed by atoms with van der Waals surface area (Å²) in [5.74, 6) is 0. The molecule has 0 saturated heterocycles. The van der Waals surface area contributed by atoms with Gasteiger partial charge in [0.05, 0.1) is 31.6 Å². The summed E-state index contributed by atoms with van der Waals surface area (Å²) in [6.45, 7) is 4.71. The Morgan fingerprint density at radius 3 is 1.64 bits per heavy atom. The van der Waals surface area contributed by atoms with Crippen LogP contribution in [0.5, 0.6) is 0 Å². The molecule has 0 saturated carbocycles. The minimum Gasteiger partial charge on any atom is -0.394 e. The van der Waals surface area contributed by atoms with E-state index in [0.29, 0.717) is 0 Å². The van der Waals surface area contributed by atoms with Crippen LogP contribution in [-0.2, 0) is 13.6 Å². The lowest BCUT2D eigenvalue weighted by Gasteiger charge is -2.29. The van der Waals surface area contributed by atoms with Crippen LogP contribution in [0.25, 0.3) is 0 Å². The summed E-state index contributed by atoms with van der Waals surface area (Å²) in [5.41, 5.74) is 0. The van der Waals surface area contributed by atoms with Gasteiger partial charge in [0.25, 0.3) is 0 Å². The minimum atomic E-state index is -3.26. The Labute approximate surface area is 84.6 Å². The summed E-state index contributed by atoms with van der Waals surface area (Å²) in [5, 5.41) is 16.5. The number of hydrogen-bond acceptors (Lipinski definition) is 5. The smallest absolute Gasteiger partial charge is 0.336 e. The maximum absolute atomic E-state index is 12.1. The molecule has 0 radical (unpaired) electrons. The lowest BCUT2D eigenvalue weighted by Crippen LogP contribution is -2.20. The lowest BCUT2D eigenvalue weighted by molar-refractivity contribution is 0.132. The summed E-state index contributed by atoms with van der Waals surface area (Å²) in [7, 11) is -3.26. The molecule has 0 fully saturated rings. The molecule has 0 aromatic heterocycles. The molecule has 6 heteroatoms. The fraction of sp³-hybridized carbons (Fsp3) is 1.00. The van der Waals surface area contributed by atoms with Crippen molar-refractivity contribution < 1.29 is 23.8 Å². The predicted molar refractivity (Wildman–Crippen MR) is 53.4 cm³/mol. The number of hydrogen-bond donors (Lipinski definition) is 2. The van der Waals surface area contributed by atoms with Crippen molar-refractivity contribution in [1.82, 2.24) is 0 Å². The summed E-state index contributed by atoms with van der Waals surface area (Å²) in [6, 6.07) is 0. The highest BCUT2D eigenvalue weighted by molar-refractivity contribution is 7.55. The van der Waals surface area contributed by atoms with E-state index in [9.17, 15) is 4.57 Å². The van der Waals surface area contributed by atoms with E-state index >= 15 is 0 Å². The summed E-state index contributed by atoms with van der Waals surface area (Å²) < 4.78 is 22.1. The second-order valence-electron chi connectivity index (χ2n) is 3.78. The molecule has 0 bridgehead atoms. The van der Waals surface area contributed by atoms with Crippen LogP contribution in [0.3, 0.4) is 0 Å². The van der Waals surface area contributed by atoms with Crippen molar-refractivity contribution >= 4 is 7.60 Å². The average Bonchev–Trinajstić information content (AvgIpc) is 2.09. The van der Waals surface area contributed by atoms with Crippen LogP contribution in [0.1, 0.15) is 20.8 Å². The van der Waals surface area contributed by atoms with Crippen molar-refractivity contribution in [2.45, 2.75) is 25.9 Å². The van der Waals surface area contributed by atoms with Gasteiger partial charge in [-0.25, -0.2) is 0 Å². The molecule has 86 valence electrons. The quantitative estimate of drug-likeness (QED) is 0.661. The van der Waals surface area contributed by atoms with E-state index in [2.05, 4.69) is 0 Å². The van der Waals surface area contributed by atoms with Crippen LogP contribution in [0.15, 0.2) is 0 Å². The first kappa shape index (κ1) is 14.1. The van der Waals surface area contributed by atoms with Crippen LogP contribution < -0.4 is 0 Å². The van der Waals surface area contributed by atoms with Gasteiger partial charge in [0.2, 0.25) is 0 Å². The first-order valence-corrected chi connectivity index (χ1v) is 6.02. The van der Waals surface area contributed by atoms with Gasteiger partial charge in [-0.15, -0.1) is 0 Å². The normalized spacial score (nSPS) is 13.2. The average molecular weight is 226 g/mol. The molecule has 0 heterocycles. The second kappa shape index (κ2) is 5.83. The zero-order chi connectivity index (χ0) is 11.2. The fourth-order valence-electron chi connectivity index (χ4n) is 0.747. The highest BCUT2D eigenvalue weighted by atomic mass is 31.2. The van der Waals surface area contributed by atoms with Crippen molar-refractivity contribution in [1.29, 1.82) is 0 Å². The Kier molecular flexibility index (Phi) is 5.86. The largest absolute Gasteiger partial charge is 0.394 e. The fourth-order valence-corrected chi connectivity index (χ4v) is 2.24. The molecule has 0 amide bonds. The number of rotatable bonds is 6. The molecule has 0 aliphatic rings. The Bertz CT molecular complexity index is 186. The lowest BCUT2D eigenvalue weighted by atomic mass is 10.3. The Balaban J connectivity index is 4.43. The first-order chi connectivity index (χ1) is 6.37. The third-order valence-electron chi connectivity index (χ3n) is 1.53. The molecule has 0 spiro atoms. The third kappa shape index (κ3) is 4.07. The molecule has 0 unspecified atom stereocenters. The van der Waals surface area contributed by atoms with Crippen molar-refractivity contribution in [2.24, 2.45) is 0 Å². The van der Waals surface area contributed by atoms with Gasteiger partial charge < -0.3 is 19.3 Å². The maximum Gasteiger partial charge on any atom is 0.336 e. The molecular formula is C8H19O5P. The van der Waals surface area contributed by atoms with E-state index < -0.39 is 12.8 Å². The van der Waals surface area contributed by atoms with Gasteiger partial charge in [-0.1, -0.05) is 0 Å². The van der Waals surface area contributed by atoms with Crippen molar-refractivity contribution in [3.05, 3.63) is 0 Å². The van der Waals surface area contributed by atoms with Gasteiger partial charge in [-0.05, 0) is 20.8 Å². The minimum absolute atomic E-state index is 0.0278. The molecule has 0 aromatic rings. The molecule has 14 heavy (non-hydrogen) atoms. The summed E-state index contributed by atoms with van der Waals surface area (Å²) >= 11 is 0. The molecule has 2 N–H and O–H groups in total. The molecular weight excluding hydrogens is 207 g/mol. The van der Waals surface area contributed by atoms with Gasteiger partial charge >= 0.3 is 7.60 Å². The van der Waals surface area contributed by atoms with Crippen LogP contribution in [0, 0.1) is 0 Å². The zero-order valence-corrected chi connectivity index (χ0v) is 9.79. The number of aliphatic hydroxyl groups excluding tert-OH is 2. The van der Waals surface area contributed by atoms with Crippen LogP contribution >= 0.6 is 7.60 Å². The standard InChI is InChI=1S/C8H19O5P/c1-8(2,3)14(11,12-6-4-9)13-7-5-10/h9-10H,4-7H2,1-3H3. The monoisotopic (exact) mass is 226 g/mol. The van der Waals surface area contributed by atoms with E-state index in [0.717, 1.165) is 0 Å². The molecule has 5 nitrogen and oxygen atoms in total. The van der Waals surface area contributed by atoms with Crippen LogP contribution in [0.4, 0.5) is 0 Å². The van der Waals surface area contributed by atoms with E-state index in [-0.39, 0.29) is 26.4 Å². The number of aliphatic hydroxyl groups is 2. The highest BCUT2D eigenvalue weighted by Gasteiger charge is 2.39. The topological polar surface area (TPSA) is 76.0 Å². The van der Waals surface area contributed by atoms with Crippen molar-refractivity contribution in [3.63, 3.8) is 0 Å². The van der Waals surface area contributed by atoms with Gasteiger partial charge in [-0.3, -0.25) is 4.57 Å². The molecule has 0 rings (SSSR count). The molecule has 0 aromatic carbocycles. The first-order valence-electron chi connectivity index (χ1n) is 4.48. The van der Waals surface area contributed by atoms with Gasteiger partial charge in [-0.2, -0.15) is 0 Å². The van der Waals surface area contributed by atoms with E-state index in [1.54, 1.807) is 20.8 Å². The molecule has 0 aliphatic heterocycles. The van der Waals surface area contributed by atoms with Gasteiger partial charge in [0.15, 0.2) is 0 Å². The zero-order valence-electron chi connectivity index (χ0n) is 8.89. The van der Waals surface area contributed by atoms with Crippen molar-refractivity contribution in [3.8, 4) is 0 Å². The van der Waals surface area contributed by atoms with E-state index in [1.165, 1.54) is 0 Å². The van der Waals surface area contributed by atoms with Gasteiger partial charge in [0, 0.05) is 0 Å². The molecule has 0 aliphatic carbocycles. The molecule has 0 atom stereocenters. The maximum atomic E-state index is 12.1. The SMILES string of the molecule is CC(C)(C)P(=O)(OCCO)OCCO. The summed E-state index contributed by atoms with van der Waals surface area (Å²) in [4.78, 5) is 0. The Morgan fingerprint density at radius 2 is 1.43 bits per heavy atom. The second-order valence-corrected chi connectivity index (χ2v) is 6.63. The predicted octanol–water partition coefficient (Wildman–Crippen LogP) is 0.996. The van der Waals surface area contributed by atoms with Gasteiger partial charge in [0.1, 0.15) is 0 Å². The Hall–Kier alpha value is 0.0700. The van der Waals surface area contributed by atoms with Crippen LogP contribution in [-0.4, -0.2) is 41.8 Å². The Morgan fingerprint density at radius 1 is 1.07 bits per heavy atom. The summed E-state index contributed by atoms with van der Waals surface area (Å²) in [6.07, 6.45) is 0. The van der Waals surface area contributed by atoms with E-state index in [4.69, 9.17) is 19.3 Å². The van der Waals surface area contributed by atoms with E-state index in [1.807, 2.05) is 0 Å². The highest BCUT2D eigenvalue weighted by Crippen LogP contribution is 2.59.